The van der Waals surface area contributed by atoms with Crippen LogP contribution in [0.25, 0.3) is 0 Å². The molecule has 0 aliphatic rings. The number of carbonyl (C=O) groups is 2. The van der Waals surface area contributed by atoms with Gasteiger partial charge in [0.1, 0.15) is 12.2 Å². The molecular formula is C10H7F4NO3. The van der Waals surface area contributed by atoms with Crippen molar-refractivity contribution in [3.8, 4) is 0 Å². The summed E-state index contributed by atoms with van der Waals surface area (Å²) < 4.78 is 48.5. The van der Waals surface area contributed by atoms with Crippen LogP contribution in [0.1, 0.15) is 16.8 Å². The number of rotatable bonds is 3. The van der Waals surface area contributed by atoms with Crippen molar-refractivity contribution in [1.82, 2.24) is 0 Å². The molecule has 2 N–H and O–H groups in total. The molecule has 0 saturated carbocycles. The van der Waals surface area contributed by atoms with Crippen molar-refractivity contribution >= 4 is 17.6 Å². The van der Waals surface area contributed by atoms with Gasteiger partial charge in [-0.3, -0.25) is 4.79 Å². The minimum atomic E-state index is -4.72. The molecule has 0 atom stereocenters. The number of nitrogens with one attached hydrogen (secondary N) is 1. The molecule has 0 saturated heterocycles. The van der Waals surface area contributed by atoms with Crippen molar-refractivity contribution in [1.29, 1.82) is 0 Å². The minimum Gasteiger partial charge on any atom is -0.478 e. The van der Waals surface area contributed by atoms with E-state index in [2.05, 4.69) is 0 Å². The minimum absolute atomic E-state index is 0.494. The van der Waals surface area contributed by atoms with Gasteiger partial charge in [-0.25, -0.2) is 9.18 Å². The molecule has 8 heteroatoms. The number of carbonyl (C=O) groups excluding carboxylic acids is 1. The molecule has 98 valence electrons. The quantitative estimate of drug-likeness (QED) is 0.825. The zero-order chi connectivity index (χ0) is 13.9. The van der Waals surface area contributed by atoms with Gasteiger partial charge >= 0.3 is 12.1 Å². The lowest BCUT2D eigenvalue weighted by Crippen LogP contribution is -2.22. The van der Waals surface area contributed by atoms with E-state index in [9.17, 15) is 27.2 Å². The number of aromatic carboxylic acids is 1. The second-order valence-electron chi connectivity index (χ2n) is 3.34. The molecule has 1 aromatic rings. The Kier molecular flexibility index (Phi) is 3.89. The zero-order valence-electron chi connectivity index (χ0n) is 8.71. The maximum absolute atomic E-state index is 12.8. The molecule has 0 radical (unpaired) electrons. The maximum atomic E-state index is 12.8. The average Bonchev–Trinajstić information content (AvgIpc) is 2.13. The smallest absolute Gasteiger partial charge is 0.397 e. The molecule has 1 amide bonds. The fourth-order valence-electron chi connectivity index (χ4n) is 1.18. The van der Waals surface area contributed by atoms with Crippen LogP contribution >= 0.6 is 0 Å². The summed E-state index contributed by atoms with van der Waals surface area (Å²) in [5.41, 5.74) is -1.01. The maximum Gasteiger partial charge on any atom is 0.397 e. The molecule has 0 fully saturated rings. The zero-order valence-corrected chi connectivity index (χ0v) is 8.71. The highest BCUT2D eigenvalue weighted by Gasteiger charge is 2.31. The van der Waals surface area contributed by atoms with E-state index < -0.39 is 41.5 Å². The van der Waals surface area contributed by atoms with E-state index in [4.69, 9.17) is 5.11 Å². The monoisotopic (exact) mass is 265 g/mol. The number of alkyl halides is 3. The van der Waals surface area contributed by atoms with Crippen molar-refractivity contribution in [2.45, 2.75) is 12.6 Å². The Balaban J connectivity index is 2.93. The van der Waals surface area contributed by atoms with E-state index in [1.807, 2.05) is 0 Å². The fourth-order valence-corrected chi connectivity index (χ4v) is 1.18. The van der Waals surface area contributed by atoms with Crippen molar-refractivity contribution < 1.29 is 32.3 Å². The summed E-state index contributed by atoms with van der Waals surface area (Å²) in [5, 5.41) is 10.4. The van der Waals surface area contributed by atoms with Gasteiger partial charge in [0.05, 0.1) is 11.3 Å². The van der Waals surface area contributed by atoms with Gasteiger partial charge in [-0.05, 0) is 18.2 Å². The molecule has 0 heterocycles. The highest BCUT2D eigenvalue weighted by molar-refractivity contribution is 6.00. The van der Waals surface area contributed by atoms with Gasteiger partial charge in [0.15, 0.2) is 0 Å². The number of amides is 1. The largest absolute Gasteiger partial charge is 0.478 e. The fraction of sp³-hybridized carbons (Fsp3) is 0.200. The molecule has 18 heavy (non-hydrogen) atoms. The summed E-state index contributed by atoms with van der Waals surface area (Å²) in [5.74, 6) is -3.82. The normalized spacial score (nSPS) is 11.1. The van der Waals surface area contributed by atoms with Crippen molar-refractivity contribution in [3.05, 3.63) is 29.6 Å². The number of carboxylic acid groups (broad SMARTS) is 1. The average molecular weight is 265 g/mol. The lowest BCUT2D eigenvalue weighted by molar-refractivity contribution is -0.150. The van der Waals surface area contributed by atoms with Crippen LogP contribution in [0.2, 0.25) is 0 Å². The van der Waals surface area contributed by atoms with Crippen molar-refractivity contribution in [2.75, 3.05) is 5.32 Å². The van der Waals surface area contributed by atoms with Crippen LogP contribution in [0.15, 0.2) is 18.2 Å². The van der Waals surface area contributed by atoms with Gasteiger partial charge in [-0.1, -0.05) is 0 Å². The first kappa shape index (κ1) is 13.9. The first-order valence-electron chi connectivity index (χ1n) is 4.58. The number of hydrogen-bond donors (Lipinski definition) is 2. The van der Waals surface area contributed by atoms with Gasteiger partial charge in [0.25, 0.3) is 0 Å². The summed E-state index contributed by atoms with van der Waals surface area (Å²) in [6.07, 6.45) is -6.50. The molecule has 4 nitrogen and oxygen atoms in total. The molecular weight excluding hydrogens is 258 g/mol. The first-order valence-corrected chi connectivity index (χ1v) is 4.58. The van der Waals surface area contributed by atoms with E-state index in [0.717, 1.165) is 12.1 Å². The Bertz CT molecular complexity index is 485. The number of halogens is 4. The molecule has 0 aliphatic carbocycles. The van der Waals surface area contributed by atoms with Gasteiger partial charge in [0.2, 0.25) is 5.91 Å². The van der Waals surface area contributed by atoms with Crippen molar-refractivity contribution in [2.24, 2.45) is 0 Å². The van der Waals surface area contributed by atoms with Gasteiger partial charge in [-0.15, -0.1) is 0 Å². The predicted molar refractivity (Wildman–Crippen MR) is 52.7 cm³/mol. The number of benzene rings is 1. The Hall–Kier alpha value is -2.12. The number of anilines is 1. The Morgan fingerprint density at radius 3 is 2.39 bits per heavy atom. The van der Waals surface area contributed by atoms with Crippen molar-refractivity contribution in [3.63, 3.8) is 0 Å². The van der Waals surface area contributed by atoms with Crippen LogP contribution in [0.4, 0.5) is 23.2 Å². The summed E-state index contributed by atoms with van der Waals surface area (Å²) in [6.45, 7) is 0. The summed E-state index contributed by atoms with van der Waals surface area (Å²) in [7, 11) is 0. The Morgan fingerprint density at radius 2 is 1.89 bits per heavy atom. The van der Waals surface area contributed by atoms with Crippen LogP contribution in [0, 0.1) is 5.82 Å². The van der Waals surface area contributed by atoms with Crippen LogP contribution in [-0.2, 0) is 4.79 Å². The second-order valence-corrected chi connectivity index (χ2v) is 3.34. The van der Waals surface area contributed by atoms with Crippen LogP contribution in [0.3, 0.4) is 0 Å². The molecule has 0 bridgehead atoms. The summed E-state index contributed by atoms with van der Waals surface area (Å²) in [4.78, 5) is 21.7. The lowest BCUT2D eigenvalue weighted by Gasteiger charge is -2.10. The third-order valence-electron chi connectivity index (χ3n) is 1.85. The molecule has 1 rings (SSSR count). The highest BCUT2D eigenvalue weighted by atomic mass is 19.4. The molecule has 0 unspecified atom stereocenters. The Labute approximate surface area is 98.2 Å². The number of hydrogen-bond acceptors (Lipinski definition) is 2. The van der Waals surface area contributed by atoms with E-state index in [0.29, 0.717) is 6.07 Å². The third kappa shape index (κ3) is 4.04. The lowest BCUT2D eigenvalue weighted by atomic mass is 10.1. The highest BCUT2D eigenvalue weighted by Crippen LogP contribution is 2.22. The van der Waals surface area contributed by atoms with E-state index in [1.54, 1.807) is 5.32 Å². The standard InChI is InChI=1S/C10H7F4NO3/c11-5-1-2-6(9(17)18)7(3-5)15-8(16)4-10(12,13)14/h1-3H,4H2,(H,15,16)(H,17,18). The van der Waals surface area contributed by atoms with Crippen LogP contribution in [0.5, 0.6) is 0 Å². The topological polar surface area (TPSA) is 66.4 Å². The predicted octanol–water partition coefficient (Wildman–Crippen LogP) is 2.41. The SMILES string of the molecule is O=C(CC(F)(F)F)Nc1cc(F)ccc1C(=O)O. The van der Waals surface area contributed by atoms with Crippen LogP contribution < -0.4 is 5.32 Å². The second kappa shape index (κ2) is 5.03. The molecule has 1 aromatic carbocycles. The van der Waals surface area contributed by atoms with Crippen LogP contribution in [-0.4, -0.2) is 23.2 Å². The first-order chi connectivity index (χ1) is 8.19. The van der Waals surface area contributed by atoms with Gasteiger partial charge in [-0.2, -0.15) is 13.2 Å². The van der Waals surface area contributed by atoms with E-state index >= 15 is 0 Å². The van der Waals surface area contributed by atoms with E-state index in [1.165, 1.54) is 0 Å². The third-order valence-corrected chi connectivity index (χ3v) is 1.85. The van der Waals surface area contributed by atoms with Gasteiger partial charge < -0.3 is 10.4 Å². The number of carboxylic acids is 1. The summed E-state index contributed by atoms with van der Waals surface area (Å²) in [6, 6.07) is 2.31. The molecule has 0 spiro atoms. The molecule has 0 aliphatic heterocycles. The van der Waals surface area contributed by atoms with Gasteiger partial charge in [0, 0.05) is 0 Å². The Morgan fingerprint density at radius 1 is 1.28 bits per heavy atom. The summed E-state index contributed by atoms with van der Waals surface area (Å²) >= 11 is 0. The van der Waals surface area contributed by atoms with E-state index in [-0.39, 0.29) is 0 Å². The molecule has 0 aromatic heterocycles.